The molecule has 0 aliphatic rings. The molecule has 16 heavy (non-hydrogen) atoms. The number of aliphatic hydroxyl groups is 1. The van der Waals surface area contributed by atoms with E-state index in [0.29, 0.717) is 5.88 Å². The van der Waals surface area contributed by atoms with Crippen molar-refractivity contribution in [1.29, 1.82) is 0 Å². The molecule has 0 aliphatic heterocycles. The first-order valence-electron chi connectivity index (χ1n) is 5.14. The molecule has 0 bridgehead atoms. The summed E-state index contributed by atoms with van der Waals surface area (Å²) in [6.45, 7) is 0. The summed E-state index contributed by atoms with van der Waals surface area (Å²) >= 11 is 7.47. The Morgan fingerprint density at radius 2 is 2.25 bits per heavy atom. The van der Waals surface area contributed by atoms with Gasteiger partial charge in [0.15, 0.2) is 0 Å². The minimum atomic E-state index is -0.561. The van der Waals surface area contributed by atoms with E-state index in [1.54, 1.807) is 18.4 Å². The van der Waals surface area contributed by atoms with Crippen molar-refractivity contribution in [2.24, 2.45) is 0 Å². The molecule has 1 heterocycles. The predicted octanol–water partition coefficient (Wildman–Crippen LogP) is 2.76. The van der Waals surface area contributed by atoms with Gasteiger partial charge in [0, 0.05) is 10.6 Å². The summed E-state index contributed by atoms with van der Waals surface area (Å²) in [6, 6.07) is 7.98. The first kappa shape index (κ1) is 11.9. The fourth-order valence-electron chi connectivity index (χ4n) is 1.71. The molecule has 2 unspecified atom stereocenters. The number of hydrogen-bond donors (Lipinski definition) is 2. The van der Waals surface area contributed by atoms with Crippen LogP contribution in [0.1, 0.15) is 11.7 Å². The van der Waals surface area contributed by atoms with Crippen LogP contribution in [0.15, 0.2) is 29.6 Å². The average Bonchev–Trinajstić information content (AvgIpc) is 2.77. The minimum absolute atomic E-state index is 0.112. The number of likely N-dealkylation sites (N-methyl/N-ethyl adjacent to an activating group) is 1. The first-order chi connectivity index (χ1) is 7.76. The van der Waals surface area contributed by atoms with E-state index in [2.05, 4.69) is 16.8 Å². The van der Waals surface area contributed by atoms with E-state index in [1.165, 1.54) is 10.1 Å². The zero-order valence-corrected chi connectivity index (χ0v) is 10.6. The van der Waals surface area contributed by atoms with Crippen LogP contribution in [0.5, 0.6) is 0 Å². The zero-order valence-electron chi connectivity index (χ0n) is 8.98. The van der Waals surface area contributed by atoms with Crippen LogP contribution < -0.4 is 5.32 Å². The number of aliphatic hydroxyl groups excluding tert-OH is 1. The molecule has 1 aromatic carbocycles. The van der Waals surface area contributed by atoms with Gasteiger partial charge in [0.2, 0.25) is 0 Å². The summed E-state index contributed by atoms with van der Waals surface area (Å²) in [5.41, 5.74) is 0.912. The number of halogens is 1. The molecule has 86 valence electrons. The van der Waals surface area contributed by atoms with Crippen molar-refractivity contribution in [3.05, 3.63) is 35.2 Å². The molecule has 2 atom stereocenters. The number of hydrogen-bond acceptors (Lipinski definition) is 3. The lowest BCUT2D eigenvalue weighted by molar-refractivity contribution is 0.141. The van der Waals surface area contributed by atoms with Crippen molar-refractivity contribution in [2.45, 2.75) is 12.1 Å². The highest BCUT2D eigenvalue weighted by Crippen LogP contribution is 2.26. The molecule has 0 radical (unpaired) electrons. The van der Waals surface area contributed by atoms with E-state index in [9.17, 15) is 5.11 Å². The van der Waals surface area contributed by atoms with Gasteiger partial charge in [-0.25, -0.2) is 0 Å². The molecular weight excluding hydrogens is 242 g/mol. The molecule has 2 aromatic rings. The van der Waals surface area contributed by atoms with Gasteiger partial charge in [-0.05, 0) is 35.5 Å². The van der Waals surface area contributed by atoms with Crippen LogP contribution in [0.3, 0.4) is 0 Å². The molecule has 2 N–H and O–H groups in total. The van der Waals surface area contributed by atoms with E-state index >= 15 is 0 Å². The van der Waals surface area contributed by atoms with Gasteiger partial charge in [-0.2, -0.15) is 0 Å². The van der Waals surface area contributed by atoms with Gasteiger partial charge in [0.05, 0.1) is 12.1 Å². The van der Waals surface area contributed by atoms with Gasteiger partial charge in [0.25, 0.3) is 0 Å². The maximum Gasteiger partial charge on any atom is 0.0955 e. The SMILES string of the molecule is CNC(CCl)C(O)c1ccc2ccsc2c1. The van der Waals surface area contributed by atoms with Gasteiger partial charge in [0.1, 0.15) is 0 Å². The monoisotopic (exact) mass is 255 g/mol. The number of nitrogens with one attached hydrogen (secondary N) is 1. The normalized spacial score (nSPS) is 15.2. The average molecular weight is 256 g/mol. The molecule has 0 saturated carbocycles. The Morgan fingerprint density at radius 1 is 1.44 bits per heavy atom. The lowest BCUT2D eigenvalue weighted by Crippen LogP contribution is -2.33. The third-order valence-corrected chi connectivity index (χ3v) is 3.95. The number of alkyl halides is 1. The van der Waals surface area contributed by atoms with Gasteiger partial charge in [-0.3, -0.25) is 0 Å². The quantitative estimate of drug-likeness (QED) is 0.824. The second-order valence-corrected chi connectivity index (χ2v) is 4.97. The van der Waals surface area contributed by atoms with Crippen LogP contribution in [-0.2, 0) is 0 Å². The molecule has 0 amide bonds. The van der Waals surface area contributed by atoms with Gasteiger partial charge in [-0.15, -0.1) is 22.9 Å². The maximum absolute atomic E-state index is 10.1. The number of thiophene rings is 1. The fraction of sp³-hybridized carbons (Fsp3) is 0.333. The van der Waals surface area contributed by atoms with Crippen LogP contribution in [-0.4, -0.2) is 24.1 Å². The van der Waals surface area contributed by atoms with Crippen molar-refractivity contribution in [1.82, 2.24) is 5.32 Å². The maximum atomic E-state index is 10.1. The van der Waals surface area contributed by atoms with Crippen molar-refractivity contribution in [3.63, 3.8) is 0 Å². The lowest BCUT2D eigenvalue weighted by Gasteiger charge is -2.20. The van der Waals surface area contributed by atoms with Crippen molar-refractivity contribution in [2.75, 3.05) is 12.9 Å². The Bertz CT molecular complexity index is 467. The molecule has 0 saturated heterocycles. The molecule has 0 spiro atoms. The highest BCUT2D eigenvalue weighted by atomic mass is 35.5. The van der Waals surface area contributed by atoms with E-state index in [0.717, 1.165) is 5.56 Å². The number of benzene rings is 1. The summed E-state index contributed by atoms with van der Waals surface area (Å²) in [5.74, 6) is 0.389. The minimum Gasteiger partial charge on any atom is -0.387 e. The standard InChI is InChI=1S/C12H14ClNOS/c1-14-10(7-13)12(15)9-3-2-8-4-5-16-11(8)6-9/h2-6,10,12,14-15H,7H2,1H3. The van der Waals surface area contributed by atoms with E-state index < -0.39 is 6.10 Å². The lowest BCUT2D eigenvalue weighted by atomic mass is 10.0. The third kappa shape index (κ3) is 2.23. The van der Waals surface area contributed by atoms with Crippen molar-refractivity contribution < 1.29 is 5.11 Å². The fourth-order valence-corrected chi connectivity index (χ4v) is 2.87. The summed E-state index contributed by atoms with van der Waals surface area (Å²) in [4.78, 5) is 0. The van der Waals surface area contributed by atoms with Gasteiger partial charge < -0.3 is 10.4 Å². The Hall–Kier alpha value is -0.610. The molecule has 2 nitrogen and oxygen atoms in total. The second kappa shape index (κ2) is 5.15. The first-order valence-corrected chi connectivity index (χ1v) is 6.56. The zero-order chi connectivity index (χ0) is 11.5. The predicted molar refractivity (Wildman–Crippen MR) is 70.4 cm³/mol. The van der Waals surface area contributed by atoms with E-state index in [-0.39, 0.29) is 6.04 Å². The van der Waals surface area contributed by atoms with Crippen LogP contribution in [0.4, 0.5) is 0 Å². The third-order valence-electron chi connectivity index (χ3n) is 2.74. The second-order valence-electron chi connectivity index (χ2n) is 3.71. The van der Waals surface area contributed by atoms with Gasteiger partial charge in [-0.1, -0.05) is 12.1 Å². The highest BCUT2D eigenvalue weighted by molar-refractivity contribution is 7.17. The molecule has 0 aliphatic carbocycles. The summed E-state index contributed by atoms with van der Waals surface area (Å²) in [7, 11) is 1.81. The Kier molecular flexibility index (Phi) is 3.82. The highest BCUT2D eigenvalue weighted by Gasteiger charge is 2.18. The summed E-state index contributed by atoms with van der Waals surface area (Å²) < 4.78 is 1.20. The van der Waals surface area contributed by atoms with Crippen LogP contribution in [0.2, 0.25) is 0 Å². The molecule has 4 heteroatoms. The summed E-state index contributed by atoms with van der Waals surface area (Å²) in [6.07, 6.45) is -0.561. The number of fused-ring (bicyclic) bond motifs is 1. The molecule has 2 rings (SSSR count). The Labute approximate surface area is 104 Å². The van der Waals surface area contributed by atoms with Gasteiger partial charge >= 0.3 is 0 Å². The van der Waals surface area contributed by atoms with Crippen LogP contribution in [0.25, 0.3) is 10.1 Å². The smallest absolute Gasteiger partial charge is 0.0955 e. The van der Waals surface area contributed by atoms with Crippen LogP contribution >= 0.6 is 22.9 Å². The number of rotatable bonds is 4. The molecular formula is C12H14ClNOS. The van der Waals surface area contributed by atoms with E-state index in [4.69, 9.17) is 11.6 Å². The molecule has 0 fully saturated rings. The van der Waals surface area contributed by atoms with Crippen molar-refractivity contribution >= 4 is 33.0 Å². The van der Waals surface area contributed by atoms with Crippen molar-refractivity contribution in [3.8, 4) is 0 Å². The Balaban J connectivity index is 2.31. The van der Waals surface area contributed by atoms with Crippen LogP contribution in [0, 0.1) is 0 Å². The summed E-state index contributed by atoms with van der Waals surface area (Å²) in [5, 5.41) is 16.4. The Morgan fingerprint density at radius 3 is 2.94 bits per heavy atom. The largest absolute Gasteiger partial charge is 0.387 e. The van der Waals surface area contributed by atoms with E-state index in [1.807, 2.05) is 18.2 Å². The topological polar surface area (TPSA) is 32.3 Å². The molecule has 1 aromatic heterocycles.